The third kappa shape index (κ3) is 5.94. The average molecular weight is 467 g/mol. The molecule has 1 aliphatic carbocycles. The van der Waals surface area contributed by atoms with Crippen LogP contribution in [-0.2, 0) is 6.61 Å². The van der Waals surface area contributed by atoms with Gasteiger partial charge < -0.3 is 20.7 Å². The van der Waals surface area contributed by atoms with Crippen molar-refractivity contribution in [1.29, 1.82) is 0 Å². The van der Waals surface area contributed by atoms with Crippen molar-refractivity contribution in [3.63, 3.8) is 0 Å². The van der Waals surface area contributed by atoms with Crippen molar-refractivity contribution in [2.75, 3.05) is 26.2 Å². The molecule has 1 saturated heterocycles. The molecular weight excluding hydrogens is 438 g/mol. The summed E-state index contributed by atoms with van der Waals surface area (Å²) in [5.74, 6) is 1.57. The number of rotatable bonds is 8. The highest BCUT2D eigenvalue weighted by molar-refractivity contribution is 9.10. The highest BCUT2D eigenvalue weighted by atomic mass is 79.9. The van der Waals surface area contributed by atoms with Crippen molar-refractivity contribution in [2.45, 2.75) is 37.5 Å². The number of halogens is 2. The molecule has 2 aliphatic rings. The van der Waals surface area contributed by atoms with Crippen molar-refractivity contribution in [3.8, 4) is 5.75 Å². The van der Waals surface area contributed by atoms with Gasteiger partial charge in [-0.15, -0.1) is 12.4 Å². The van der Waals surface area contributed by atoms with Gasteiger partial charge in [-0.2, -0.15) is 0 Å². The summed E-state index contributed by atoms with van der Waals surface area (Å²) in [7, 11) is 0. The van der Waals surface area contributed by atoms with E-state index < -0.39 is 0 Å². The second-order valence-electron chi connectivity index (χ2n) is 7.74. The van der Waals surface area contributed by atoms with E-state index in [2.05, 4.69) is 62.5 Å². The van der Waals surface area contributed by atoms with Gasteiger partial charge in [0.25, 0.3) is 0 Å². The van der Waals surface area contributed by atoms with Gasteiger partial charge in [-0.3, -0.25) is 0 Å². The number of benzene rings is 2. The Hall–Kier alpha value is -1.11. The van der Waals surface area contributed by atoms with Gasteiger partial charge in [-0.05, 0) is 54.8 Å². The van der Waals surface area contributed by atoms with Gasteiger partial charge in [-0.25, -0.2) is 0 Å². The van der Waals surface area contributed by atoms with Crippen molar-refractivity contribution < 1.29 is 4.74 Å². The molecule has 152 valence electrons. The lowest BCUT2D eigenvalue weighted by Gasteiger charge is -2.15. The summed E-state index contributed by atoms with van der Waals surface area (Å²) in [4.78, 5) is 2.46. The molecule has 2 fully saturated rings. The molecule has 0 radical (unpaired) electrons. The Balaban J connectivity index is 0.00000225. The summed E-state index contributed by atoms with van der Waals surface area (Å²) in [6.07, 6.45) is 2.38. The highest BCUT2D eigenvalue weighted by Gasteiger charge is 2.37. The van der Waals surface area contributed by atoms with E-state index in [0.29, 0.717) is 24.6 Å². The minimum Gasteiger partial charge on any atom is -0.489 e. The van der Waals surface area contributed by atoms with E-state index >= 15 is 0 Å². The molecule has 6 heteroatoms. The lowest BCUT2D eigenvalue weighted by Crippen LogP contribution is -2.33. The van der Waals surface area contributed by atoms with Crippen LogP contribution < -0.4 is 15.8 Å². The van der Waals surface area contributed by atoms with Crippen LogP contribution in [0, 0.1) is 0 Å². The van der Waals surface area contributed by atoms with Crippen LogP contribution in [0.5, 0.6) is 5.75 Å². The topological polar surface area (TPSA) is 50.5 Å². The Morgan fingerprint density at radius 1 is 1.11 bits per heavy atom. The number of hydrogen-bond donors (Lipinski definition) is 2. The standard InChI is InChI=1S/C22H28BrN3O.ClH/c23-18-5-1-16(2-6-18)15-27-20-7-3-17(4-8-20)21-13-22(21)25-10-12-26-11-9-19(24)14-26;/h1-8,19,21-22,25H,9-15,24H2;1H/t19-,21+,22-;/m1./s1. The number of likely N-dealkylation sites (tertiary alicyclic amines) is 1. The Morgan fingerprint density at radius 3 is 2.54 bits per heavy atom. The molecule has 3 atom stereocenters. The molecule has 3 N–H and O–H groups in total. The first-order valence-electron chi connectivity index (χ1n) is 9.86. The number of hydrogen-bond acceptors (Lipinski definition) is 4. The summed E-state index contributed by atoms with van der Waals surface area (Å²) < 4.78 is 6.99. The third-order valence-electron chi connectivity index (χ3n) is 5.56. The monoisotopic (exact) mass is 465 g/mol. The van der Waals surface area contributed by atoms with Crippen LogP contribution in [0.3, 0.4) is 0 Å². The normalized spacial score (nSPS) is 24.0. The minimum absolute atomic E-state index is 0. The maximum absolute atomic E-state index is 5.97. The summed E-state index contributed by atoms with van der Waals surface area (Å²) in [6, 6.07) is 17.8. The van der Waals surface area contributed by atoms with Crippen LogP contribution in [-0.4, -0.2) is 43.2 Å². The van der Waals surface area contributed by atoms with Gasteiger partial charge in [0.1, 0.15) is 12.4 Å². The first-order chi connectivity index (χ1) is 13.2. The predicted molar refractivity (Wildman–Crippen MR) is 120 cm³/mol. The summed E-state index contributed by atoms with van der Waals surface area (Å²) in [6.45, 7) is 4.97. The summed E-state index contributed by atoms with van der Waals surface area (Å²) in [5, 5.41) is 3.70. The summed E-state index contributed by atoms with van der Waals surface area (Å²) in [5.41, 5.74) is 8.55. The number of ether oxygens (including phenoxy) is 1. The van der Waals surface area contributed by atoms with Crippen LogP contribution in [0.15, 0.2) is 53.0 Å². The Morgan fingerprint density at radius 2 is 1.86 bits per heavy atom. The minimum atomic E-state index is 0. The van der Waals surface area contributed by atoms with Gasteiger partial charge in [0.05, 0.1) is 0 Å². The van der Waals surface area contributed by atoms with Gasteiger partial charge >= 0.3 is 0 Å². The Kier molecular flexibility index (Phi) is 7.77. The fraction of sp³-hybridized carbons (Fsp3) is 0.455. The van der Waals surface area contributed by atoms with Gasteiger partial charge in [0.15, 0.2) is 0 Å². The molecule has 28 heavy (non-hydrogen) atoms. The lowest BCUT2D eigenvalue weighted by molar-refractivity contribution is 0.306. The Bertz CT molecular complexity index is 740. The zero-order valence-corrected chi connectivity index (χ0v) is 18.4. The molecule has 4 nitrogen and oxygen atoms in total. The van der Waals surface area contributed by atoms with Gasteiger partial charge in [0, 0.05) is 42.1 Å². The molecule has 4 rings (SSSR count). The van der Waals surface area contributed by atoms with Crippen LogP contribution >= 0.6 is 28.3 Å². The zero-order chi connectivity index (χ0) is 18.6. The van der Waals surface area contributed by atoms with Crippen LogP contribution in [0.4, 0.5) is 0 Å². The van der Waals surface area contributed by atoms with Gasteiger partial charge in [-0.1, -0.05) is 40.2 Å². The third-order valence-corrected chi connectivity index (χ3v) is 6.09. The molecule has 2 aromatic rings. The number of nitrogens with two attached hydrogens (primary N) is 1. The van der Waals surface area contributed by atoms with E-state index in [4.69, 9.17) is 10.5 Å². The SMILES string of the molecule is Cl.N[C@@H]1CCN(CCN[C@@H]2C[C@H]2c2ccc(OCc3ccc(Br)cc3)cc2)C1. The highest BCUT2D eigenvalue weighted by Crippen LogP contribution is 2.41. The van der Waals surface area contributed by atoms with Crippen molar-refractivity contribution in [1.82, 2.24) is 10.2 Å². The molecule has 0 spiro atoms. The van der Waals surface area contributed by atoms with E-state index in [1.165, 1.54) is 17.5 Å². The van der Waals surface area contributed by atoms with E-state index in [1.807, 2.05) is 12.1 Å². The first kappa shape index (κ1) is 21.6. The average Bonchev–Trinajstić information content (AvgIpc) is 3.34. The smallest absolute Gasteiger partial charge is 0.119 e. The molecule has 1 saturated carbocycles. The van der Waals surface area contributed by atoms with Crippen LogP contribution in [0.1, 0.15) is 29.9 Å². The second-order valence-corrected chi connectivity index (χ2v) is 8.65. The van der Waals surface area contributed by atoms with Crippen LogP contribution in [0.25, 0.3) is 0 Å². The van der Waals surface area contributed by atoms with E-state index in [9.17, 15) is 0 Å². The van der Waals surface area contributed by atoms with Gasteiger partial charge in [0.2, 0.25) is 0 Å². The molecule has 1 heterocycles. The molecule has 2 aromatic carbocycles. The largest absolute Gasteiger partial charge is 0.489 e. The first-order valence-corrected chi connectivity index (χ1v) is 10.7. The lowest BCUT2D eigenvalue weighted by atomic mass is 10.1. The predicted octanol–water partition coefficient (Wildman–Crippen LogP) is 3.93. The van der Waals surface area contributed by atoms with Crippen molar-refractivity contribution in [2.24, 2.45) is 5.73 Å². The number of nitrogens with zero attached hydrogens (tertiary/aromatic N) is 1. The molecule has 0 amide bonds. The molecule has 0 aromatic heterocycles. The molecule has 1 aliphatic heterocycles. The maximum atomic E-state index is 5.97. The summed E-state index contributed by atoms with van der Waals surface area (Å²) >= 11 is 3.46. The van der Waals surface area contributed by atoms with Crippen molar-refractivity contribution in [3.05, 3.63) is 64.1 Å². The fourth-order valence-corrected chi connectivity index (χ4v) is 4.09. The van der Waals surface area contributed by atoms with Crippen LogP contribution in [0.2, 0.25) is 0 Å². The van der Waals surface area contributed by atoms with E-state index in [1.54, 1.807) is 0 Å². The molecular formula is C22H29BrClN3O. The Labute approximate surface area is 182 Å². The van der Waals surface area contributed by atoms with Crippen molar-refractivity contribution >= 4 is 28.3 Å². The van der Waals surface area contributed by atoms with E-state index in [-0.39, 0.29) is 12.4 Å². The quantitative estimate of drug-likeness (QED) is 0.619. The molecule has 0 bridgehead atoms. The van der Waals surface area contributed by atoms with E-state index in [0.717, 1.165) is 42.8 Å². The second kappa shape index (κ2) is 10.1. The molecule has 0 unspecified atom stereocenters. The number of nitrogens with one attached hydrogen (secondary N) is 1. The maximum Gasteiger partial charge on any atom is 0.119 e. The fourth-order valence-electron chi connectivity index (χ4n) is 3.82. The zero-order valence-electron chi connectivity index (χ0n) is 16.0.